The maximum Gasteiger partial charge on any atom is 0.241 e. The van der Waals surface area contributed by atoms with Crippen LogP contribution in [0.1, 0.15) is 5.69 Å². The molecule has 0 spiro atoms. The molecule has 0 fully saturated rings. The fourth-order valence-electron chi connectivity index (χ4n) is 1.31. The van der Waals surface area contributed by atoms with Crippen LogP contribution >= 0.6 is 0 Å². The van der Waals surface area contributed by atoms with E-state index in [9.17, 15) is 8.42 Å². The van der Waals surface area contributed by atoms with E-state index in [-0.39, 0.29) is 4.90 Å². The van der Waals surface area contributed by atoms with Crippen molar-refractivity contribution in [1.29, 1.82) is 0 Å². The molecule has 0 aliphatic rings. The molecule has 0 radical (unpaired) electrons. The van der Waals surface area contributed by atoms with E-state index in [4.69, 9.17) is 5.14 Å². The standard InChI is InChI=1S/C8H9N5O2S/c1-6-7(16(9,14)15)4-12-13(6)8-5-10-2-3-11-8/h2-5H,1H3,(H2,9,14,15). The van der Waals surface area contributed by atoms with Gasteiger partial charge in [0.15, 0.2) is 5.82 Å². The zero-order valence-electron chi connectivity index (χ0n) is 8.40. The second-order valence-electron chi connectivity index (χ2n) is 3.11. The molecular formula is C8H9N5O2S. The van der Waals surface area contributed by atoms with E-state index in [0.717, 1.165) is 0 Å². The average molecular weight is 239 g/mol. The highest BCUT2D eigenvalue weighted by Gasteiger charge is 2.17. The summed E-state index contributed by atoms with van der Waals surface area (Å²) in [6.07, 6.45) is 5.68. The largest absolute Gasteiger partial charge is 0.259 e. The Bertz CT molecular complexity index is 605. The molecule has 0 aliphatic heterocycles. The lowest BCUT2D eigenvalue weighted by Crippen LogP contribution is -2.13. The minimum atomic E-state index is -3.75. The first-order valence-electron chi connectivity index (χ1n) is 4.34. The smallest absolute Gasteiger partial charge is 0.241 e. The molecule has 16 heavy (non-hydrogen) atoms. The number of aromatic nitrogens is 4. The van der Waals surface area contributed by atoms with Crippen molar-refractivity contribution in [3.8, 4) is 5.82 Å². The summed E-state index contributed by atoms with van der Waals surface area (Å²) in [4.78, 5) is 7.86. The number of hydrogen-bond donors (Lipinski definition) is 1. The summed E-state index contributed by atoms with van der Waals surface area (Å²) in [5.41, 5.74) is 0.406. The van der Waals surface area contributed by atoms with Gasteiger partial charge in [-0.25, -0.2) is 23.2 Å². The van der Waals surface area contributed by atoms with Gasteiger partial charge in [0.25, 0.3) is 0 Å². The summed E-state index contributed by atoms with van der Waals surface area (Å²) < 4.78 is 23.7. The van der Waals surface area contributed by atoms with Gasteiger partial charge in [-0.1, -0.05) is 0 Å². The first kappa shape index (κ1) is 10.7. The molecule has 0 aliphatic carbocycles. The first-order valence-corrected chi connectivity index (χ1v) is 5.88. The first-order chi connectivity index (χ1) is 7.50. The summed E-state index contributed by atoms with van der Waals surface area (Å²) in [5.74, 6) is 0.440. The van der Waals surface area contributed by atoms with Crippen LogP contribution in [0.15, 0.2) is 29.7 Å². The minimum Gasteiger partial charge on any atom is -0.259 e. The third-order valence-corrected chi connectivity index (χ3v) is 3.05. The van der Waals surface area contributed by atoms with Crippen molar-refractivity contribution < 1.29 is 8.42 Å². The van der Waals surface area contributed by atoms with Crippen LogP contribution in [0.3, 0.4) is 0 Å². The summed E-state index contributed by atoms with van der Waals surface area (Å²) >= 11 is 0. The average Bonchev–Trinajstić information content (AvgIpc) is 2.61. The fourth-order valence-corrected chi connectivity index (χ4v) is 2.00. The van der Waals surface area contributed by atoms with Crippen molar-refractivity contribution in [1.82, 2.24) is 19.7 Å². The fraction of sp³-hybridized carbons (Fsp3) is 0.125. The monoisotopic (exact) mass is 239 g/mol. The lowest BCUT2D eigenvalue weighted by atomic mass is 10.5. The Labute approximate surface area is 92.0 Å². The molecule has 2 heterocycles. The van der Waals surface area contributed by atoms with E-state index in [1.54, 1.807) is 6.92 Å². The number of hydrogen-bond acceptors (Lipinski definition) is 5. The van der Waals surface area contributed by atoms with Crippen LogP contribution in [0.4, 0.5) is 0 Å². The van der Waals surface area contributed by atoms with E-state index < -0.39 is 10.0 Å². The Morgan fingerprint density at radius 1 is 1.31 bits per heavy atom. The van der Waals surface area contributed by atoms with Crippen molar-refractivity contribution in [2.24, 2.45) is 5.14 Å². The molecule has 0 aromatic carbocycles. The lowest BCUT2D eigenvalue weighted by molar-refractivity contribution is 0.597. The molecule has 0 bridgehead atoms. The normalized spacial score (nSPS) is 11.6. The molecule has 0 amide bonds. The quantitative estimate of drug-likeness (QED) is 0.769. The highest BCUT2D eigenvalue weighted by atomic mass is 32.2. The van der Waals surface area contributed by atoms with E-state index in [0.29, 0.717) is 11.5 Å². The molecule has 0 saturated carbocycles. The topological polar surface area (TPSA) is 104 Å². The van der Waals surface area contributed by atoms with Crippen molar-refractivity contribution in [3.05, 3.63) is 30.5 Å². The second kappa shape index (κ2) is 3.65. The second-order valence-corrected chi connectivity index (χ2v) is 4.64. The van der Waals surface area contributed by atoms with Crippen molar-refractivity contribution >= 4 is 10.0 Å². The Morgan fingerprint density at radius 2 is 2.06 bits per heavy atom. The van der Waals surface area contributed by atoms with E-state index in [2.05, 4.69) is 15.1 Å². The molecule has 2 rings (SSSR count). The molecule has 84 valence electrons. The summed E-state index contributed by atoms with van der Waals surface area (Å²) in [6.45, 7) is 1.60. The number of sulfonamides is 1. The van der Waals surface area contributed by atoms with E-state index >= 15 is 0 Å². The van der Waals surface area contributed by atoms with Gasteiger partial charge in [-0.05, 0) is 6.92 Å². The third kappa shape index (κ3) is 1.79. The number of nitrogens with zero attached hydrogens (tertiary/aromatic N) is 4. The van der Waals surface area contributed by atoms with Gasteiger partial charge >= 0.3 is 0 Å². The van der Waals surface area contributed by atoms with Gasteiger partial charge in [-0.15, -0.1) is 0 Å². The molecule has 0 saturated heterocycles. The number of primary sulfonamides is 1. The van der Waals surface area contributed by atoms with Gasteiger partial charge in [0.1, 0.15) is 4.90 Å². The number of rotatable bonds is 2. The van der Waals surface area contributed by atoms with Gasteiger partial charge in [0, 0.05) is 12.4 Å². The zero-order chi connectivity index (χ0) is 11.8. The summed E-state index contributed by atoms with van der Waals surface area (Å²) in [5, 5.41) is 8.94. The van der Waals surface area contributed by atoms with Crippen LogP contribution < -0.4 is 5.14 Å². The maximum absolute atomic E-state index is 11.2. The van der Waals surface area contributed by atoms with E-state index in [1.165, 1.54) is 29.5 Å². The maximum atomic E-state index is 11.2. The van der Waals surface area contributed by atoms with Crippen LogP contribution in [-0.2, 0) is 10.0 Å². The highest BCUT2D eigenvalue weighted by Crippen LogP contribution is 2.14. The van der Waals surface area contributed by atoms with E-state index in [1.807, 2.05) is 0 Å². The molecule has 2 N–H and O–H groups in total. The van der Waals surface area contributed by atoms with Gasteiger partial charge in [-0.2, -0.15) is 5.10 Å². The SMILES string of the molecule is Cc1c(S(N)(=O)=O)cnn1-c1cnccn1. The van der Waals surface area contributed by atoms with Crippen LogP contribution in [-0.4, -0.2) is 28.2 Å². The van der Waals surface area contributed by atoms with Gasteiger partial charge < -0.3 is 0 Å². The summed E-state index contributed by atoms with van der Waals surface area (Å²) in [7, 11) is -3.75. The molecule has 0 unspecified atom stereocenters. The van der Waals surface area contributed by atoms with Crippen molar-refractivity contribution in [2.45, 2.75) is 11.8 Å². The van der Waals surface area contributed by atoms with Crippen LogP contribution in [0.2, 0.25) is 0 Å². The van der Waals surface area contributed by atoms with Crippen LogP contribution in [0, 0.1) is 6.92 Å². The predicted octanol–water partition coefficient (Wildman–Crippen LogP) is -0.382. The zero-order valence-corrected chi connectivity index (χ0v) is 9.22. The van der Waals surface area contributed by atoms with Crippen molar-refractivity contribution in [2.75, 3.05) is 0 Å². The molecular weight excluding hydrogens is 230 g/mol. The van der Waals surface area contributed by atoms with Gasteiger partial charge in [0.05, 0.1) is 18.1 Å². The highest BCUT2D eigenvalue weighted by molar-refractivity contribution is 7.89. The van der Waals surface area contributed by atoms with Crippen molar-refractivity contribution in [3.63, 3.8) is 0 Å². The van der Waals surface area contributed by atoms with Gasteiger partial charge in [-0.3, -0.25) is 4.98 Å². The molecule has 7 nitrogen and oxygen atoms in total. The minimum absolute atomic E-state index is 0.0156. The Kier molecular flexibility index (Phi) is 2.44. The Morgan fingerprint density at radius 3 is 2.56 bits per heavy atom. The predicted molar refractivity (Wildman–Crippen MR) is 55.3 cm³/mol. The molecule has 0 atom stereocenters. The van der Waals surface area contributed by atoms with Gasteiger partial charge in [0.2, 0.25) is 10.0 Å². The Hall–Kier alpha value is -1.80. The van der Waals surface area contributed by atoms with Crippen LogP contribution in [0.5, 0.6) is 0 Å². The summed E-state index contributed by atoms with van der Waals surface area (Å²) in [6, 6.07) is 0. The Balaban J connectivity index is 2.59. The van der Waals surface area contributed by atoms with Crippen LogP contribution in [0.25, 0.3) is 5.82 Å². The lowest BCUT2D eigenvalue weighted by Gasteiger charge is -2.02. The number of nitrogens with two attached hydrogens (primary N) is 1. The molecule has 2 aromatic rings. The molecule has 2 aromatic heterocycles. The molecule has 8 heteroatoms. The third-order valence-electron chi connectivity index (χ3n) is 2.04.